The van der Waals surface area contributed by atoms with Gasteiger partial charge in [0.05, 0.1) is 15.9 Å². The number of anilines is 2. The quantitative estimate of drug-likeness (QED) is 0.476. The van der Waals surface area contributed by atoms with Crippen LogP contribution >= 0.6 is 0 Å². The van der Waals surface area contributed by atoms with Crippen LogP contribution in [0.15, 0.2) is 77.7 Å². The van der Waals surface area contributed by atoms with Gasteiger partial charge in [0.25, 0.3) is 10.0 Å². The Balaban J connectivity index is 1.69. The molecule has 0 bridgehead atoms. The lowest BCUT2D eigenvalue weighted by Gasteiger charge is -2.14. The molecule has 0 amide bonds. The van der Waals surface area contributed by atoms with Crippen LogP contribution in [-0.2, 0) is 16.6 Å². The van der Waals surface area contributed by atoms with Crippen molar-refractivity contribution < 1.29 is 8.42 Å². The van der Waals surface area contributed by atoms with Crippen molar-refractivity contribution in [3.05, 3.63) is 89.5 Å². The molecule has 7 heteroatoms. The summed E-state index contributed by atoms with van der Waals surface area (Å²) < 4.78 is 28.5. The van der Waals surface area contributed by atoms with Gasteiger partial charge in [-0.1, -0.05) is 54.1 Å². The first kappa shape index (κ1) is 19.8. The minimum absolute atomic E-state index is 0.169. The standard InChI is InChI=1S/C23H22N4O2S/c1-16-10-12-18(13-11-16)15-24-22-23(26-21-9-4-3-8-20(21)25-22)27-30(28,29)19-7-5-6-17(2)14-19/h3-14H,15H2,1-2H3,(H,24,25)(H,26,27). The summed E-state index contributed by atoms with van der Waals surface area (Å²) in [5, 5.41) is 3.23. The Morgan fingerprint density at radius 1 is 0.767 bits per heavy atom. The second-order valence-corrected chi connectivity index (χ2v) is 8.85. The van der Waals surface area contributed by atoms with Crippen molar-refractivity contribution in [1.29, 1.82) is 0 Å². The van der Waals surface area contributed by atoms with Crippen LogP contribution in [0, 0.1) is 13.8 Å². The number of fused-ring (bicyclic) bond motifs is 1. The lowest BCUT2D eigenvalue weighted by atomic mass is 10.1. The summed E-state index contributed by atoms with van der Waals surface area (Å²) in [5.41, 5.74) is 4.39. The van der Waals surface area contributed by atoms with E-state index in [9.17, 15) is 8.42 Å². The molecule has 152 valence electrons. The average molecular weight is 419 g/mol. The first-order valence-electron chi connectivity index (χ1n) is 9.56. The molecule has 4 aromatic rings. The molecule has 0 aliphatic heterocycles. The fraction of sp³-hybridized carbons (Fsp3) is 0.130. The number of rotatable bonds is 6. The predicted octanol–water partition coefficient (Wildman–Crippen LogP) is 4.66. The van der Waals surface area contributed by atoms with Gasteiger partial charge in [-0.05, 0) is 49.2 Å². The Morgan fingerprint density at radius 3 is 2.10 bits per heavy atom. The van der Waals surface area contributed by atoms with E-state index in [1.165, 1.54) is 5.56 Å². The molecule has 6 nitrogen and oxygen atoms in total. The van der Waals surface area contributed by atoms with E-state index in [1.54, 1.807) is 24.3 Å². The van der Waals surface area contributed by atoms with E-state index >= 15 is 0 Å². The van der Waals surface area contributed by atoms with Crippen LogP contribution in [0.4, 0.5) is 11.6 Å². The number of benzene rings is 3. The highest BCUT2D eigenvalue weighted by molar-refractivity contribution is 7.92. The fourth-order valence-electron chi connectivity index (χ4n) is 3.05. The van der Waals surface area contributed by atoms with Crippen molar-refractivity contribution in [2.45, 2.75) is 25.3 Å². The van der Waals surface area contributed by atoms with Gasteiger partial charge in [-0.25, -0.2) is 18.4 Å². The molecule has 2 N–H and O–H groups in total. The Bertz CT molecular complexity index is 1300. The summed E-state index contributed by atoms with van der Waals surface area (Å²) in [7, 11) is -3.81. The molecule has 0 saturated carbocycles. The molecule has 0 fully saturated rings. The van der Waals surface area contributed by atoms with Crippen LogP contribution in [0.25, 0.3) is 11.0 Å². The Morgan fingerprint density at radius 2 is 1.43 bits per heavy atom. The number of sulfonamides is 1. The highest BCUT2D eigenvalue weighted by Gasteiger charge is 2.19. The van der Waals surface area contributed by atoms with Crippen LogP contribution in [-0.4, -0.2) is 18.4 Å². The summed E-state index contributed by atoms with van der Waals surface area (Å²) in [6.07, 6.45) is 0. The molecule has 0 radical (unpaired) electrons. The highest BCUT2D eigenvalue weighted by atomic mass is 32.2. The average Bonchev–Trinajstić information content (AvgIpc) is 2.73. The largest absolute Gasteiger partial charge is 0.363 e. The summed E-state index contributed by atoms with van der Waals surface area (Å²) in [5.74, 6) is 0.549. The molecule has 0 atom stereocenters. The molecule has 0 aliphatic rings. The predicted molar refractivity (Wildman–Crippen MR) is 120 cm³/mol. The summed E-state index contributed by atoms with van der Waals surface area (Å²) in [4.78, 5) is 9.30. The lowest BCUT2D eigenvalue weighted by molar-refractivity contribution is 0.601. The van der Waals surface area contributed by atoms with Crippen molar-refractivity contribution in [1.82, 2.24) is 9.97 Å². The summed E-state index contributed by atoms with van der Waals surface area (Å²) >= 11 is 0. The van der Waals surface area contributed by atoms with Gasteiger partial charge in [0.2, 0.25) is 0 Å². The third-order valence-corrected chi connectivity index (χ3v) is 6.02. The van der Waals surface area contributed by atoms with Crippen molar-refractivity contribution >= 4 is 32.7 Å². The minimum atomic E-state index is -3.81. The van der Waals surface area contributed by atoms with Gasteiger partial charge in [-0.3, -0.25) is 4.72 Å². The number of hydrogen-bond donors (Lipinski definition) is 2. The molecule has 30 heavy (non-hydrogen) atoms. The zero-order valence-corrected chi connectivity index (χ0v) is 17.6. The maximum absolute atomic E-state index is 12.9. The Kier molecular flexibility index (Phi) is 5.37. The fourth-order valence-corrected chi connectivity index (χ4v) is 4.17. The molecule has 0 saturated heterocycles. The number of nitrogens with one attached hydrogen (secondary N) is 2. The SMILES string of the molecule is Cc1ccc(CNc2nc3ccccc3nc2NS(=O)(=O)c2cccc(C)c2)cc1. The number of nitrogens with zero attached hydrogens (tertiary/aromatic N) is 2. The van der Waals surface area contributed by atoms with E-state index in [1.807, 2.05) is 62.4 Å². The molecule has 0 spiro atoms. The van der Waals surface area contributed by atoms with E-state index in [-0.39, 0.29) is 10.7 Å². The number of aromatic nitrogens is 2. The molecular weight excluding hydrogens is 396 g/mol. The van der Waals surface area contributed by atoms with Crippen LogP contribution in [0.3, 0.4) is 0 Å². The normalized spacial score (nSPS) is 11.4. The third-order valence-electron chi connectivity index (χ3n) is 4.68. The van der Waals surface area contributed by atoms with Crippen molar-refractivity contribution in [3.63, 3.8) is 0 Å². The number of para-hydroxylation sites is 2. The maximum Gasteiger partial charge on any atom is 0.263 e. The first-order valence-corrected chi connectivity index (χ1v) is 11.0. The summed E-state index contributed by atoms with van der Waals surface area (Å²) in [6.45, 7) is 4.38. The smallest absolute Gasteiger partial charge is 0.263 e. The molecule has 1 aromatic heterocycles. The zero-order valence-electron chi connectivity index (χ0n) is 16.8. The minimum Gasteiger partial charge on any atom is -0.363 e. The van der Waals surface area contributed by atoms with E-state index in [0.717, 1.165) is 11.1 Å². The molecule has 4 rings (SSSR count). The first-order chi connectivity index (χ1) is 14.4. The van der Waals surface area contributed by atoms with Crippen LogP contribution < -0.4 is 10.0 Å². The van der Waals surface area contributed by atoms with Crippen LogP contribution in [0.5, 0.6) is 0 Å². The van der Waals surface area contributed by atoms with Crippen LogP contribution in [0.2, 0.25) is 0 Å². The number of aryl methyl sites for hydroxylation is 2. The lowest BCUT2D eigenvalue weighted by Crippen LogP contribution is -2.16. The van der Waals surface area contributed by atoms with Gasteiger partial charge >= 0.3 is 0 Å². The van der Waals surface area contributed by atoms with Gasteiger partial charge in [-0.15, -0.1) is 0 Å². The summed E-state index contributed by atoms with van der Waals surface area (Å²) in [6, 6.07) is 22.2. The second-order valence-electron chi connectivity index (χ2n) is 7.17. The van der Waals surface area contributed by atoms with E-state index in [0.29, 0.717) is 23.4 Å². The van der Waals surface area contributed by atoms with E-state index < -0.39 is 10.0 Å². The van der Waals surface area contributed by atoms with Crippen molar-refractivity contribution in [2.24, 2.45) is 0 Å². The van der Waals surface area contributed by atoms with Gasteiger partial charge in [0.1, 0.15) is 0 Å². The topological polar surface area (TPSA) is 84.0 Å². The van der Waals surface area contributed by atoms with Gasteiger partial charge in [0, 0.05) is 6.54 Å². The monoisotopic (exact) mass is 418 g/mol. The van der Waals surface area contributed by atoms with E-state index in [4.69, 9.17) is 0 Å². The van der Waals surface area contributed by atoms with Gasteiger partial charge in [-0.2, -0.15) is 0 Å². The van der Waals surface area contributed by atoms with E-state index in [2.05, 4.69) is 20.0 Å². The molecular formula is C23H22N4O2S. The molecule has 3 aromatic carbocycles. The number of hydrogen-bond acceptors (Lipinski definition) is 5. The molecule has 1 heterocycles. The molecule has 0 aliphatic carbocycles. The zero-order chi connectivity index (χ0) is 21.1. The van der Waals surface area contributed by atoms with Crippen molar-refractivity contribution in [3.8, 4) is 0 Å². The van der Waals surface area contributed by atoms with Crippen LogP contribution in [0.1, 0.15) is 16.7 Å². The Hall–Kier alpha value is -3.45. The maximum atomic E-state index is 12.9. The van der Waals surface area contributed by atoms with Gasteiger partial charge < -0.3 is 5.32 Å². The Labute approximate surface area is 176 Å². The van der Waals surface area contributed by atoms with Crippen molar-refractivity contribution in [2.75, 3.05) is 10.0 Å². The van der Waals surface area contributed by atoms with Gasteiger partial charge in [0.15, 0.2) is 11.6 Å². The second kappa shape index (κ2) is 8.12. The third kappa shape index (κ3) is 4.41. The highest BCUT2D eigenvalue weighted by Crippen LogP contribution is 2.25. The molecule has 0 unspecified atom stereocenters.